The van der Waals surface area contributed by atoms with Crippen LogP contribution in [0.15, 0.2) is 42.6 Å². The van der Waals surface area contributed by atoms with Crippen LogP contribution < -0.4 is 0 Å². The lowest BCUT2D eigenvalue weighted by Gasteiger charge is -2.27. The van der Waals surface area contributed by atoms with Crippen molar-refractivity contribution in [2.24, 2.45) is 0 Å². The molecule has 86 valence electrons. The lowest BCUT2D eigenvalue weighted by atomic mass is 10.1. The first-order chi connectivity index (χ1) is 8.34. The zero-order valence-electron chi connectivity index (χ0n) is 9.52. The molecule has 3 nitrogen and oxygen atoms in total. The SMILES string of the molecule is O=C(c1ccccc1)N1CCc2[nH]ccc2C1. The van der Waals surface area contributed by atoms with Crippen molar-refractivity contribution in [2.45, 2.75) is 13.0 Å². The minimum atomic E-state index is 0.123. The summed E-state index contributed by atoms with van der Waals surface area (Å²) in [5.41, 5.74) is 3.27. The highest BCUT2D eigenvalue weighted by molar-refractivity contribution is 5.94. The van der Waals surface area contributed by atoms with Gasteiger partial charge in [0.05, 0.1) is 0 Å². The number of carbonyl (C=O) groups excluding carboxylic acids is 1. The molecule has 0 spiro atoms. The molecule has 3 heteroatoms. The van der Waals surface area contributed by atoms with E-state index in [1.54, 1.807) is 0 Å². The van der Waals surface area contributed by atoms with Crippen LogP contribution in [0.25, 0.3) is 0 Å². The summed E-state index contributed by atoms with van der Waals surface area (Å²) in [6.07, 6.45) is 2.86. The third kappa shape index (κ3) is 1.84. The summed E-state index contributed by atoms with van der Waals surface area (Å²) < 4.78 is 0. The lowest BCUT2D eigenvalue weighted by Crippen LogP contribution is -2.35. The molecule has 0 bridgehead atoms. The maximum atomic E-state index is 12.2. The maximum Gasteiger partial charge on any atom is 0.254 e. The van der Waals surface area contributed by atoms with Crippen LogP contribution in [-0.2, 0) is 13.0 Å². The third-order valence-electron chi connectivity index (χ3n) is 3.23. The average molecular weight is 226 g/mol. The minimum Gasteiger partial charge on any atom is -0.365 e. The van der Waals surface area contributed by atoms with Gasteiger partial charge in [-0.2, -0.15) is 0 Å². The normalized spacial score (nSPS) is 14.5. The number of carbonyl (C=O) groups is 1. The van der Waals surface area contributed by atoms with Crippen LogP contribution in [0.3, 0.4) is 0 Å². The summed E-state index contributed by atoms with van der Waals surface area (Å²) in [4.78, 5) is 17.4. The number of aromatic amines is 1. The Hall–Kier alpha value is -2.03. The predicted octanol–water partition coefficient (Wildman–Crippen LogP) is 2.21. The summed E-state index contributed by atoms with van der Waals surface area (Å²) in [6.45, 7) is 1.51. The Bertz CT molecular complexity index is 530. The Kier molecular flexibility index (Phi) is 2.44. The zero-order chi connectivity index (χ0) is 11.7. The van der Waals surface area contributed by atoms with Gasteiger partial charge in [-0.1, -0.05) is 18.2 Å². The van der Waals surface area contributed by atoms with Gasteiger partial charge in [0, 0.05) is 37.0 Å². The van der Waals surface area contributed by atoms with Crippen LogP contribution in [0.1, 0.15) is 21.6 Å². The van der Waals surface area contributed by atoms with E-state index in [2.05, 4.69) is 11.1 Å². The first-order valence-electron chi connectivity index (χ1n) is 5.84. The van der Waals surface area contributed by atoms with Crippen molar-refractivity contribution in [1.82, 2.24) is 9.88 Å². The molecule has 0 saturated carbocycles. The van der Waals surface area contributed by atoms with Crippen molar-refractivity contribution in [1.29, 1.82) is 0 Å². The van der Waals surface area contributed by atoms with E-state index < -0.39 is 0 Å². The number of H-pyrrole nitrogens is 1. The predicted molar refractivity (Wildman–Crippen MR) is 65.7 cm³/mol. The molecule has 1 aliphatic rings. The Morgan fingerprint density at radius 1 is 1.18 bits per heavy atom. The standard InChI is InChI=1S/C14H14N2O/c17-14(11-4-2-1-3-5-11)16-9-7-13-12(10-16)6-8-15-13/h1-6,8,15H,7,9-10H2. The second-order valence-electron chi connectivity index (χ2n) is 4.32. The van der Waals surface area contributed by atoms with E-state index in [0.29, 0.717) is 6.54 Å². The molecule has 1 aromatic heterocycles. The quantitative estimate of drug-likeness (QED) is 0.795. The molecule has 2 heterocycles. The van der Waals surface area contributed by atoms with Crippen LogP contribution >= 0.6 is 0 Å². The Morgan fingerprint density at radius 3 is 2.82 bits per heavy atom. The van der Waals surface area contributed by atoms with Gasteiger partial charge in [-0.05, 0) is 23.8 Å². The number of fused-ring (bicyclic) bond motifs is 1. The van der Waals surface area contributed by atoms with Crippen molar-refractivity contribution in [2.75, 3.05) is 6.54 Å². The first kappa shape index (κ1) is 10.1. The van der Waals surface area contributed by atoms with Crippen LogP contribution in [0.4, 0.5) is 0 Å². The fourth-order valence-electron chi connectivity index (χ4n) is 2.29. The summed E-state index contributed by atoms with van der Waals surface area (Å²) in [7, 11) is 0. The smallest absolute Gasteiger partial charge is 0.254 e. The molecule has 1 N–H and O–H groups in total. The number of hydrogen-bond acceptors (Lipinski definition) is 1. The number of rotatable bonds is 1. The van der Waals surface area contributed by atoms with Crippen molar-refractivity contribution >= 4 is 5.91 Å². The van der Waals surface area contributed by atoms with Crippen molar-refractivity contribution in [3.8, 4) is 0 Å². The van der Waals surface area contributed by atoms with Gasteiger partial charge in [0.2, 0.25) is 0 Å². The largest absolute Gasteiger partial charge is 0.365 e. The molecule has 0 unspecified atom stereocenters. The topological polar surface area (TPSA) is 36.1 Å². The number of benzene rings is 1. The highest BCUT2D eigenvalue weighted by Gasteiger charge is 2.21. The molecule has 1 aliphatic heterocycles. The molecule has 3 rings (SSSR count). The van der Waals surface area contributed by atoms with E-state index in [9.17, 15) is 4.79 Å². The lowest BCUT2D eigenvalue weighted by molar-refractivity contribution is 0.0734. The molecule has 0 saturated heterocycles. The van der Waals surface area contributed by atoms with Gasteiger partial charge in [-0.25, -0.2) is 0 Å². The zero-order valence-corrected chi connectivity index (χ0v) is 9.52. The number of nitrogens with one attached hydrogen (secondary N) is 1. The molecule has 0 fully saturated rings. The van der Waals surface area contributed by atoms with Crippen molar-refractivity contribution in [3.05, 3.63) is 59.4 Å². The summed E-state index contributed by atoms with van der Waals surface area (Å²) >= 11 is 0. The van der Waals surface area contributed by atoms with Crippen LogP contribution in [-0.4, -0.2) is 22.3 Å². The average Bonchev–Trinajstić information content (AvgIpc) is 2.86. The third-order valence-corrected chi connectivity index (χ3v) is 3.23. The molecular weight excluding hydrogens is 212 g/mol. The van der Waals surface area contributed by atoms with E-state index in [1.165, 1.54) is 11.3 Å². The van der Waals surface area contributed by atoms with E-state index >= 15 is 0 Å². The summed E-state index contributed by atoms with van der Waals surface area (Å²) in [6, 6.07) is 11.5. The number of aromatic nitrogens is 1. The van der Waals surface area contributed by atoms with Crippen molar-refractivity contribution < 1.29 is 4.79 Å². The van der Waals surface area contributed by atoms with E-state index in [1.807, 2.05) is 41.4 Å². The van der Waals surface area contributed by atoms with Gasteiger partial charge in [-0.15, -0.1) is 0 Å². The first-order valence-corrected chi connectivity index (χ1v) is 5.84. The molecule has 2 aromatic rings. The number of nitrogens with zero attached hydrogens (tertiary/aromatic N) is 1. The fourth-order valence-corrected chi connectivity index (χ4v) is 2.29. The molecule has 17 heavy (non-hydrogen) atoms. The van der Waals surface area contributed by atoms with Gasteiger partial charge in [0.25, 0.3) is 5.91 Å². The van der Waals surface area contributed by atoms with Crippen LogP contribution in [0, 0.1) is 0 Å². The minimum absolute atomic E-state index is 0.123. The van der Waals surface area contributed by atoms with Crippen molar-refractivity contribution in [3.63, 3.8) is 0 Å². The second kappa shape index (κ2) is 4.09. The van der Waals surface area contributed by atoms with Crippen LogP contribution in [0.5, 0.6) is 0 Å². The second-order valence-corrected chi connectivity index (χ2v) is 4.32. The van der Waals surface area contributed by atoms with Gasteiger partial charge in [0.1, 0.15) is 0 Å². The summed E-state index contributed by atoms with van der Waals surface area (Å²) in [5.74, 6) is 0.123. The molecule has 0 aliphatic carbocycles. The molecule has 1 amide bonds. The van der Waals surface area contributed by atoms with Gasteiger partial charge < -0.3 is 9.88 Å². The van der Waals surface area contributed by atoms with Gasteiger partial charge in [-0.3, -0.25) is 4.79 Å². The molecular formula is C14H14N2O. The molecule has 0 radical (unpaired) electrons. The fraction of sp³-hybridized carbons (Fsp3) is 0.214. The summed E-state index contributed by atoms with van der Waals surface area (Å²) in [5, 5.41) is 0. The Labute approximate surface area is 100 Å². The molecule has 0 atom stereocenters. The number of hydrogen-bond donors (Lipinski definition) is 1. The van der Waals surface area contributed by atoms with E-state index in [4.69, 9.17) is 0 Å². The number of amides is 1. The maximum absolute atomic E-state index is 12.2. The highest BCUT2D eigenvalue weighted by atomic mass is 16.2. The monoisotopic (exact) mass is 226 g/mol. The Morgan fingerprint density at radius 2 is 2.00 bits per heavy atom. The highest BCUT2D eigenvalue weighted by Crippen LogP contribution is 2.19. The molecule has 1 aromatic carbocycles. The van der Waals surface area contributed by atoms with E-state index in [-0.39, 0.29) is 5.91 Å². The van der Waals surface area contributed by atoms with Gasteiger partial charge in [0.15, 0.2) is 0 Å². The van der Waals surface area contributed by atoms with Gasteiger partial charge >= 0.3 is 0 Å². The Balaban J connectivity index is 1.81. The van der Waals surface area contributed by atoms with Crippen LogP contribution in [0.2, 0.25) is 0 Å². The van der Waals surface area contributed by atoms with E-state index in [0.717, 1.165) is 18.5 Å².